The first kappa shape index (κ1) is 17.0. The van der Waals surface area contributed by atoms with Crippen molar-refractivity contribution in [1.29, 1.82) is 0 Å². The molecule has 6 nitrogen and oxygen atoms in total. The average molecular weight is 419 g/mol. The lowest BCUT2D eigenvalue weighted by Gasteiger charge is -2.14. The summed E-state index contributed by atoms with van der Waals surface area (Å²) in [6.07, 6.45) is 7.27. The molecule has 0 radical (unpaired) electrons. The number of aromatic nitrogens is 2. The number of hydroxylamine groups is 1. The molecular formula is C18H16BrFN4O2. The highest BCUT2D eigenvalue weighted by atomic mass is 79.9. The van der Waals surface area contributed by atoms with Gasteiger partial charge in [-0.25, -0.2) is 14.9 Å². The summed E-state index contributed by atoms with van der Waals surface area (Å²) in [4.78, 5) is 22.0. The highest BCUT2D eigenvalue weighted by molar-refractivity contribution is 9.10. The van der Waals surface area contributed by atoms with Crippen LogP contribution in [0.1, 0.15) is 23.2 Å². The Morgan fingerprint density at radius 2 is 2.19 bits per heavy atom. The van der Waals surface area contributed by atoms with E-state index in [0.717, 1.165) is 12.8 Å². The van der Waals surface area contributed by atoms with E-state index in [1.165, 1.54) is 6.07 Å². The van der Waals surface area contributed by atoms with Crippen LogP contribution in [0.4, 0.5) is 15.8 Å². The van der Waals surface area contributed by atoms with Crippen molar-refractivity contribution >= 4 is 38.9 Å². The lowest BCUT2D eigenvalue weighted by Crippen LogP contribution is -2.26. The zero-order valence-electron chi connectivity index (χ0n) is 13.7. The number of hydrogen-bond donors (Lipinski definition) is 2. The standard InChI is InChI=1S/C18H16BrFN4O2/c19-12-3-4-15(14(20)7-12)22-16-8-17-21-5-6-24(17)9-13(16)18(25)23-26-10-11-1-2-11/h3-9,11,22H,1-2,10H2,(H,23,25). The zero-order valence-corrected chi connectivity index (χ0v) is 15.3. The van der Waals surface area contributed by atoms with Crippen molar-refractivity contribution < 1.29 is 14.0 Å². The molecule has 2 N–H and O–H groups in total. The molecule has 0 bridgehead atoms. The molecule has 2 aromatic heterocycles. The van der Waals surface area contributed by atoms with Crippen molar-refractivity contribution in [3.8, 4) is 0 Å². The van der Waals surface area contributed by atoms with Crippen molar-refractivity contribution in [3.63, 3.8) is 0 Å². The molecule has 1 amide bonds. The third-order valence-electron chi connectivity index (χ3n) is 4.16. The van der Waals surface area contributed by atoms with Crippen LogP contribution in [0, 0.1) is 11.7 Å². The predicted molar refractivity (Wildman–Crippen MR) is 98.7 cm³/mol. The number of carbonyl (C=O) groups is 1. The Balaban J connectivity index is 1.63. The molecule has 1 saturated carbocycles. The predicted octanol–water partition coefficient (Wildman–Crippen LogP) is 4.05. The molecule has 0 aliphatic heterocycles. The molecule has 0 saturated heterocycles. The number of hydrogen-bond acceptors (Lipinski definition) is 4. The summed E-state index contributed by atoms with van der Waals surface area (Å²) in [6.45, 7) is 0.503. The maximum Gasteiger partial charge on any atom is 0.278 e. The second kappa shape index (κ2) is 7.05. The van der Waals surface area contributed by atoms with Crippen LogP contribution < -0.4 is 10.8 Å². The fourth-order valence-corrected chi connectivity index (χ4v) is 2.88. The Labute approximate surface area is 157 Å². The summed E-state index contributed by atoms with van der Waals surface area (Å²) in [7, 11) is 0. The van der Waals surface area contributed by atoms with E-state index in [4.69, 9.17) is 4.84 Å². The smallest absolute Gasteiger partial charge is 0.278 e. The van der Waals surface area contributed by atoms with Crippen LogP contribution in [0.3, 0.4) is 0 Å². The van der Waals surface area contributed by atoms with Gasteiger partial charge in [-0.2, -0.15) is 0 Å². The van der Waals surface area contributed by atoms with Gasteiger partial charge in [0.15, 0.2) is 0 Å². The van der Waals surface area contributed by atoms with Crippen molar-refractivity contribution in [1.82, 2.24) is 14.9 Å². The van der Waals surface area contributed by atoms with Crippen molar-refractivity contribution in [2.75, 3.05) is 11.9 Å². The summed E-state index contributed by atoms with van der Waals surface area (Å²) in [5.41, 5.74) is 4.13. The van der Waals surface area contributed by atoms with Crippen LogP contribution in [-0.2, 0) is 4.84 Å². The molecule has 1 aliphatic rings. The lowest BCUT2D eigenvalue weighted by atomic mass is 10.2. The number of pyridine rings is 1. The molecule has 134 valence electrons. The fourth-order valence-electron chi connectivity index (χ4n) is 2.55. The highest BCUT2D eigenvalue weighted by Gasteiger charge is 2.22. The summed E-state index contributed by atoms with van der Waals surface area (Å²) >= 11 is 3.23. The van der Waals surface area contributed by atoms with Crippen LogP contribution in [0.15, 0.2) is 47.3 Å². The number of rotatable bonds is 6. The lowest BCUT2D eigenvalue weighted by molar-refractivity contribution is 0.0270. The molecule has 1 aromatic carbocycles. The van der Waals surface area contributed by atoms with Gasteiger partial charge >= 0.3 is 0 Å². The summed E-state index contributed by atoms with van der Waals surface area (Å²) in [5, 5.41) is 2.98. The number of halogens is 2. The molecular weight excluding hydrogens is 403 g/mol. The second-order valence-electron chi connectivity index (χ2n) is 6.23. The van der Waals surface area contributed by atoms with Gasteiger partial charge in [-0.05, 0) is 37.0 Å². The second-order valence-corrected chi connectivity index (χ2v) is 7.14. The number of carbonyl (C=O) groups excluding carboxylic acids is 1. The number of fused-ring (bicyclic) bond motifs is 1. The van der Waals surface area contributed by atoms with Gasteiger partial charge in [-0.15, -0.1) is 0 Å². The first-order valence-corrected chi connectivity index (χ1v) is 9.00. The largest absolute Gasteiger partial charge is 0.352 e. The van der Waals surface area contributed by atoms with Crippen LogP contribution in [0.2, 0.25) is 0 Å². The van der Waals surface area contributed by atoms with Gasteiger partial charge < -0.3 is 9.72 Å². The first-order chi connectivity index (χ1) is 12.6. The number of anilines is 2. The summed E-state index contributed by atoms with van der Waals surface area (Å²) in [6, 6.07) is 6.37. The van der Waals surface area contributed by atoms with Gasteiger partial charge in [0.25, 0.3) is 5.91 Å². The Hall–Kier alpha value is -2.45. The fraction of sp³-hybridized carbons (Fsp3) is 0.222. The number of nitrogens with one attached hydrogen (secondary N) is 2. The van der Waals surface area contributed by atoms with E-state index in [9.17, 15) is 9.18 Å². The van der Waals surface area contributed by atoms with Gasteiger partial charge in [-0.3, -0.25) is 9.63 Å². The van der Waals surface area contributed by atoms with Crippen LogP contribution >= 0.6 is 15.9 Å². The minimum atomic E-state index is -0.432. The monoisotopic (exact) mass is 418 g/mol. The average Bonchev–Trinajstić information content (AvgIpc) is 3.32. The molecule has 26 heavy (non-hydrogen) atoms. The number of nitrogens with zero attached hydrogens (tertiary/aromatic N) is 2. The van der Waals surface area contributed by atoms with Gasteiger partial charge in [-0.1, -0.05) is 15.9 Å². The van der Waals surface area contributed by atoms with E-state index in [1.54, 1.807) is 41.2 Å². The number of benzene rings is 1. The Kier molecular flexibility index (Phi) is 4.60. The maximum atomic E-state index is 14.2. The molecule has 8 heteroatoms. The third kappa shape index (κ3) is 3.71. The molecule has 3 aromatic rings. The minimum absolute atomic E-state index is 0.261. The van der Waals surface area contributed by atoms with Crippen molar-refractivity contribution in [3.05, 3.63) is 58.7 Å². The molecule has 0 atom stereocenters. The van der Waals surface area contributed by atoms with Crippen LogP contribution in [-0.4, -0.2) is 21.9 Å². The SMILES string of the molecule is O=C(NOCC1CC1)c1cn2ccnc2cc1Nc1ccc(Br)cc1F. The van der Waals surface area contributed by atoms with Gasteiger partial charge in [0, 0.05) is 29.1 Å². The molecule has 0 spiro atoms. The third-order valence-corrected chi connectivity index (χ3v) is 4.65. The molecule has 0 unspecified atom stereocenters. The van der Waals surface area contributed by atoms with Crippen molar-refractivity contribution in [2.24, 2.45) is 5.92 Å². The number of amides is 1. The summed E-state index contributed by atoms with van der Waals surface area (Å²) in [5.74, 6) is -0.305. The van der Waals surface area contributed by atoms with Crippen LogP contribution in [0.25, 0.3) is 5.65 Å². The van der Waals surface area contributed by atoms with E-state index in [1.807, 2.05) is 0 Å². The maximum absolute atomic E-state index is 14.2. The Morgan fingerprint density at radius 1 is 1.35 bits per heavy atom. The van der Waals surface area contributed by atoms with E-state index in [2.05, 4.69) is 31.7 Å². The quantitative estimate of drug-likeness (QED) is 0.592. The summed E-state index contributed by atoms with van der Waals surface area (Å²) < 4.78 is 16.5. The van der Waals surface area contributed by atoms with Crippen LogP contribution in [0.5, 0.6) is 0 Å². The molecule has 2 heterocycles. The highest BCUT2D eigenvalue weighted by Crippen LogP contribution is 2.29. The van der Waals surface area contributed by atoms with E-state index in [-0.39, 0.29) is 5.69 Å². The van der Waals surface area contributed by atoms with Gasteiger partial charge in [0.2, 0.25) is 0 Å². The molecule has 1 aliphatic carbocycles. The zero-order chi connectivity index (χ0) is 18.1. The topological polar surface area (TPSA) is 67.7 Å². The minimum Gasteiger partial charge on any atom is -0.352 e. The van der Waals surface area contributed by atoms with Gasteiger partial charge in [0.05, 0.1) is 23.5 Å². The Morgan fingerprint density at radius 3 is 2.96 bits per heavy atom. The normalized spacial score (nSPS) is 13.8. The first-order valence-electron chi connectivity index (χ1n) is 8.21. The van der Waals surface area contributed by atoms with E-state index < -0.39 is 11.7 Å². The molecule has 4 rings (SSSR count). The molecule has 1 fully saturated rings. The van der Waals surface area contributed by atoms with E-state index >= 15 is 0 Å². The number of imidazole rings is 1. The van der Waals surface area contributed by atoms with E-state index in [0.29, 0.717) is 33.9 Å². The Bertz CT molecular complexity index is 971. The van der Waals surface area contributed by atoms with Crippen molar-refractivity contribution in [2.45, 2.75) is 12.8 Å². The van der Waals surface area contributed by atoms with Gasteiger partial charge in [0.1, 0.15) is 11.5 Å².